The molecule has 0 spiro atoms. The first-order valence-electron chi connectivity index (χ1n) is 10.3. The molecule has 156 valence electrons. The van der Waals surface area contributed by atoms with Crippen LogP contribution < -0.4 is 0 Å². The molecule has 1 aliphatic heterocycles. The van der Waals surface area contributed by atoms with Crippen molar-refractivity contribution in [3.8, 4) is 23.0 Å². The van der Waals surface area contributed by atoms with Crippen molar-refractivity contribution < 1.29 is 4.79 Å². The number of rotatable bonds is 4. The van der Waals surface area contributed by atoms with Gasteiger partial charge in [-0.15, -0.1) is 0 Å². The van der Waals surface area contributed by atoms with Crippen LogP contribution in [0, 0.1) is 11.8 Å². The summed E-state index contributed by atoms with van der Waals surface area (Å²) in [5.74, 6) is 6.12. The number of hydrogen-bond donors (Lipinski definition) is 0. The fourth-order valence-corrected chi connectivity index (χ4v) is 4.09. The summed E-state index contributed by atoms with van der Waals surface area (Å²) in [6.45, 7) is 1.44. The van der Waals surface area contributed by atoms with Gasteiger partial charge in [-0.05, 0) is 47.5 Å². The van der Waals surface area contributed by atoms with Gasteiger partial charge in [0.2, 0.25) is 0 Å². The zero-order valence-corrected chi connectivity index (χ0v) is 18.0. The molecule has 32 heavy (non-hydrogen) atoms. The molecule has 2 aromatic heterocycles. The summed E-state index contributed by atoms with van der Waals surface area (Å²) >= 11 is 6.53. The topological polar surface area (TPSA) is 51.0 Å². The molecule has 5 nitrogen and oxygen atoms in total. The molecule has 0 aliphatic carbocycles. The number of aromatic nitrogens is 3. The van der Waals surface area contributed by atoms with Gasteiger partial charge >= 0.3 is 0 Å². The number of carbonyl (C=O) groups is 1. The van der Waals surface area contributed by atoms with E-state index in [0.717, 1.165) is 27.9 Å². The van der Waals surface area contributed by atoms with E-state index in [9.17, 15) is 4.79 Å². The van der Waals surface area contributed by atoms with Gasteiger partial charge in [0, 0.05) is 30.1 Å². The number of hydrogen-bond acceptors (Lipinski definition) is 3. The van der Waals surface area contributed by atoms with Gasteiger partial charge in [0.05, 0.1) is 35.6 Å². The second-order valence-corrected chi connectivity index (χ2v) is 7.98. The largest absolute Gasteiger partial charge is 0.323 e. The maximum Gasteiger partial charge on any atom is 0.256 e. The van der Waals surface area contributed by atoms with Crippen LogP contribution in [0.15, 0.2) is 79.3 Å². The van der Waals surface area contributed by atoms with Gasteiger partial charge in [0.25, 0.3) is 5.91 Å². The van der Waals surface area contributed by atoms with Crippen molar-refractivity contribution in [3.05, 3.63) is 107 Å². The zero-order valence-electron chi connectivity index (χ0n) is 17.2. The highest BCUT2D eigenvalue weighted by Crippen LogP contribution is 2.34. The van der Waals surface area contributed by atoms with E-state index in [0.29, 0.717) is 30.2 Å². The molecule has 2 aromatic carbocycles. The fraction of sp³-hybridized carbons (Fsp3) is 0.115. The molecule has 1 aliphatic rings. The van der Waals surface area contributed by atoms with E-state index in [-0.39, 0.29) is 5.91 Å². The Morgan fingerprint density at radius 2 is 1.88 bits per heavy atom. The summed E-state index contributed by atoms with van der Waals surface area (Å²) in [6.07, 6.45) is 5.54. The van der Waals surface area contributed by atoms with E-state index in [1.54, 1.807) is 17.3 Å². The summed E-state index contributed by atoms with van der Waals surface area (Å²) in [5.41, 5.74) is 5.23. The van der Waals surface area contributed by atoms with E-state index in [4.69, 9.17) is 11.6 Å². The molecule has 6 heteroatoms. The predicted molar refractivity (Wildman–Crippen MR) is 124 cm³/mol. The highest BCUT2D eigenvalue weighted by molar-refractivity contribution is 6.34. The number of carbonyl (C=O) groups excluding carboxylic acids is 1. The first kappa shape index (κ1) is 20.0. The molecule has 0 N–H and O–H groups in total. The molecule has 0 fully saturated rings. The second kappa shape index (κ2) is 8.70. The number of pyridine rings is 1. The molecular formula is C26H19ClN4O. The van der Waals surface area contributed by atoms with Crippen LogP contribution >= 0.6 is 11.6 Å². The standard InChI is InChI=1S/C26H19ClN4O/c27-24-14-20(22-15-29-31(17-22)18-23-10-4-5-11-28-23)13-21-16-30(26(32)25(21)24)12-6-9-19-7-2-1-3-8-19/h1-5,7-8,10-11,13-15,17H,12,16,18H2. The highest BCUT2D eigenvalue weighted by atomic mass is 35.5. The van der Waals surface area contributed by atoms with Gasteiger partial charge in [-0.1, -0.05) is 47.7 Å². The fourth-order valence-electron chi connectivity index (χ4n) is 3.77. The maximum atomic E-state index is 12.9. The molecule has 3 heterocycles. The zero-order chi connectivity index (χ0) is 21.9. The van der Waals surface area contributed by atoms with Gasteiger partial charge in [-0.3, -0.25) is 14.5 Å². The number of halogens is 1. The molecule has 4 aromatic rings. The van der Waals surface area contributed by atoms with Crippen molar-refractivity contribution in [3.63, 3.8) is 0 Å². The van der Waals surface area contributed by atoms with Gasteiger partial charge in [-0.25, -0.2) is 0 Å². The van der Waals surface area contributed by atoms with Crippen LogP contribution in [0.2, 0.25) is 5.02 Å². The molecule has 0 bridgehead atoms. The van der Waals surface area contributed by atoms with Crippen LogP contribution in [0.25, 0.3) is 11.1 Å². The molecule has 1 amide bonds. The summed E-state index contributed by atoms with van der Waals surface area (Å²) in [5, 5.41) is 4.91. The molecule has 0 unspecified atom stereocenters. The van der Waals surface area contributed by atoms with Crippen LogP contribution in [0.1, 0.15) is 27.2 Å². The molecule has 0 saturated heterocycles. The second-order valence-electron chi connectivity index (χ2n) is 7.57. The third-order valence-electron chi connectivity index (χ3n) is 5.33. The first-order valence-corrected chi connectivity index (χ1v) is 10.6. The normalized spacial score (nSPS) is 12.4. The summed E-state index contributed by atoms with van der Waals surface area (Å²) in [4.78, 5) is 18.9. The van der Waals surface area contributed by atoms with Gasteiger partial charge in [0.1, 0.15) is 0 Å². The van der Waals surface area contributed by atoms with E-state index in [1.807, 2.05) is 71.5 Å². The lowest BCUT2D eigenvalue weighted by Gasteiger charge is -2.10. The summed E-state index contributed by atoms with van der Waals surface area (Å²) in [7, 11) is 0. The lowest BCUT2D eigenvalue weighted by Crippen LogP contribution is -2.24. The number of nitrogens with zero attached hydrogens (tertiary/aromatic N) is 4. The maximum absolute atomic E-state index is 12.9. The minimum Gasteiger partial charge on any atom is -0.323 e. The van der Waals surface area contributed by atoms with Crippen molar-refractivity contribution in [2.24, 2.45) is 0 Å². The Morgan fingerprint density at radius 1 is 1.03 bits per heavy atom. The lowest BCUT2D eigenvalue weighted by molar-refractivity contribution is 0.0799. The van der Waals surface area contributed by atoms with Crippen molar-refractivity contribution in [1.82, 2.24) is 19.7 Å². The SMILES string of the molecule is O=C1c2c(Cl)cc(-c3cnn(Cc4ccccn4)c3)cc2CN1CC#Cc1ccccc1. The van der Waals surface area contributed by atoms with Crippen LogP contribution in [-0.4, -0.2) is 32.1 Å². The smallest absolute Gasteiger partial charge is 0.256 e. The summed E-state index contributed by atoms with van der Waals surface area (Å²) < 4.78 is 1.84. The van der Waals surface area contributed by atoms with Crippen LogP contribution in [0.4, 0.5) is 0 Å². The quantitative estimate of drug-likeness (QED) is 0.436. The van der Waals surface area contributed by atoms with Crippen LogP contribution in [-0.2, 0) is 13.1 Å². The Balaban J connectivity index is 1.34. The Labute approximate surface area is 191 Å². The van der Waals surface area contributed by atoms with Gasteiger partial charge in [0.15, 0.2) is 0 Å². The van der Waals surface area contributed by atoms with E-state index < -0.39 is 0 Å². The number of amides is 1. The number of benzene rings is 2. The number of fused-ring (bicyclic) bond motifs is 1. The third kappa shape index (κ3) is 4.14. The van der Waals surface area contributed by atoms with Crippen molar-refractivity contribution in [1.29, 1.82) is 0 Å². The minimum absolute atomic E-state index is 0.0789. The first-order chi connectivity index (χ1) is 15.7. The average molecular weight is 439 g/mol. The van der Waals surface area contributed by atoms with E-state index in [2.05, 4.69) is 21.9 Å². The predicted octanol–water partition coefficient (Wildman–Crippen LogP) is 4.65. The van der Waals surface area contributed by atoms with E-state index >= 15 is 0 Å². The Morgan fingerprint density at radius 3 is 2.69 bits per heavy atom. The van der Waals surface area contributed by atoms with Crippen LogP contribution in [0.5, 0.6) is 0 Å². The van der Waals surface area contributed by atoms with Crippen molar-refractivity contribution >= 4 is 17.5 Å². The Hall–Kier alpha value is -3.88. The summed E-state index contributed by atoms with van der Waals surface area (Å²) in [6, 6.07) is 19.4. The highest BCUT2D eigenvalue weighted by Gasteiger charge is 2.30. The molecule has 0 radical (unpaired) electrons. The molecule has 5 rings (SSSR count). The van der Waals surface area contributed by atoms with Crippen LogP contribution in [0.3, 0.4) is 0 Å². The average Bonchev–Trinajstić information content (AvgIpc) is 3.40. The van der Waals surface area contributed by atoms with Crippen molar-refractivity contribution in [2.45, 2.75) is 13.1 Å². The minimum atomic E-state index is -0.0789. The molecule has 0 atom stereocenters. The molecule has 0 saturated carbocycles. The van der Waals surface area contributed by atoms with E-state index in [1.165, 1.54) is 0 Å². The van der Waals surface area contributed by atoms with Crippen molar-refractivity contribution in [2.75, 3.05) is 6.54 Å². The monoisotopic (exact) mass is 438 g/mol. The van der Waals surface area contributed by atoms with Gasteiger partial charge < -0.3 is 4.90 Å². The Kier molecular flexibility index (Phi) is 5.45. The third-order valence-corrected chi connectivity index (χ3v) is 5.63. The molecular weight excluding hydrogens is 420 g/mol. The van der Waals surface area contributed by atoms with Gasteiger partial charge in [-0.2, -0.15) is 5.10 Å². The Bertz CT molecular complexity index is 1340. The lowest BCUT2D eigenvalue weighted by atomic mass is 10.0.